The van der Waals surface area contributed by atoms with Crippen molar-refractivity contribution in [1.29, 1.82) is 0 Å². The van der Waals surface area contributed by atoms with E-state index in [9.17, 15) is 13.2 Å². The van der Waals surface area contributed by atoms with Crippen LogP contribution < -0.4 is 15.8 Å². The van der Waals surface area contributed by atoms with E-state index in [0.29, 0.717) is 35.1 Å². The van der Waals surface area contributed by atoms with Gasteiger partial charge in [0.15, 0.2) is 11.4 Å². The highest BCUT2D eigenvalue weighted by molar-refractivity contribution is 7.89. The second kappa shape index (κ2) is 7.48. The van der Waals surface area contributed by atoms with Gasteiger partial charge in [-0.25, -0.2) is 32.6 Å². The van der Waals surface area contributed by atoms with Crippen LogP contribution in [0.15, 0.2) is 56.8 Å². The van der Waals surface area contributed by atoms with Crippen molar-refractivity contribution in [3.8, 4) is 5.82 Å². The van der Waals surface area contributed by atoms with Gasteiger partial charge in [0, 0.05) is 31.5 Å². The third-order valence-electron chi connectivity index (χ3n) is 3.99. The van der Waals surface area contributed by atoms with E-state index in [0.717, 1.165) is 0 Å². The quantitative estimate of drug-likeness (QED) is 0.375. The predicted molar refractivity (Wildman–Crippen MR) is 104 cm³/mol. The molecular weight excluding hydrogens is 398 g/mol. The van der Waals surface area contributed by atoms with E-state index in [2.05, 4.69) is 30.1 Å². The van der Waals surface area contributed by atoms with E-state index in [1.165, 1.54) is 18.2 Å². The highest BCUT2D eigenvalue weighted by Gasteiger charge is 2.15. The molecule has 29 heavy (non-hydrogen) atoms. The van der Waals surface area contributed by atoms with E-state index in [-0.39, 0.29) is 11.4 Å². The molecule has 0 fully saturated rings. The summed E-state index contributed by atoms with van der Waals surface area (Å²) in [7, 11) is -3.75. The fourth-order valence-electron chi connectivity index (χ4n) is 2.72. The Morgan fingerprint density at radius 3 is 2.86 bits per heavy atom. The number of H-pyrrole nitrogens is 1. The molecule has 0 saturated carbocycles. The Balaban J connectivity index is 1.40. The van der Waals surface area contributed by atoms with Crippen LogP contribution in [0, 0.1) is 6.92 Å². The number of anilines is 1. The highest BCUT2D eigenvalue weighted by atomic mass is 32.2. The summed E-state index contributed by atoms with van der Waals surface area (Å²) in [6.45, 7) is 2.19. The minimum atomic E-state index is -3.75. The molecule has 0 amide bonds. The van der Waals surface area contributed by atoms with Crippen LogP contribution in [0.25, 0.3) is 16.9 Å². The molecule has 12 heteroatoms. The summed E-state index contributed by atoms with van der Waals surface area (Å²) < 4.78 is 33.9. The molecule has 0 aliphatic carbocycles. The van der Waals surface area contributed by atoms with Crippen LogP contribution in [-0.4, -0.2) is 46.2 Å². The molecule has 0 bridgehead atoms. The largest absolute Gasteiger partial charge is 0.417 e. The molecule has 0 spiro atoms. The van der Waals surface area contributed by atoms with Gasteiger partial charge in [0.2, 0.25) is 10.0 Å². The van der Waals surface area contributed by atoms with Crippen molar-refractivity contribution in [2.24, 2.45) is 0 Å². The summed E-state index contributed by atoms with van der Waals surface area (Å²) in [5, 5.41) is 7.20. The molecule has 4 aromatic rings. The number of aromatic amines is 1. The number of aromatic nitrogens is 5. The number of nitrogens with zero attached hydrogens (tertiary/aromatic N) is 4. The zero-order valence-electron chi connectivity index (χ0n) is 15.3. The first-order chi connectivity index (χ1) is 13.9. The molecule has 150 valence electrons. The summed E-state index contributed by atoms with van der Waals surface area (Å²) in [6.07, 6.45) is 3.42. The lowest BCUT2D eigenvalue weighted by molar-refractivity contribution is 0.555. The summed E-state index contributed by atoms with van der Waals surface area (Å²) in [6, 6.07) is 7.66. The fraction of sp³-hybridized carbons (Fsp3) is 0.176. The molecule has 3 N–H and O–H groups in total. The van der Waals surface area contributed by atoms with E-state index < -0.39 is 15.8 Å². The number of nitrogens with one attached hydrogen (secondary N) is 3. The molecule has 3 heterocycles. The number of aryl methyl sites for hydroxylation is 1. The third kappa shape index (κ3) is 4.17. The molecule has 0 saturated heterocycles. The maximum Gasteiger partial charge on any atom is 0.417 e. The zero-order valence-corrected chi connectivity index (χ0v) is 16.1. The molecular formula is C17H17N7O4S. The molecule has 0 aliphatic heterocycles. The van der Waals surface area contributed by atoms with Crippen LogP contribution in [0.2, 0.25) is 0 Å². The molecule has 0 aliphatic rings. The van der Waals surface area contributed by atoms with E-state index in [4.69, 9.17) is 4.42 Å². The van der Waals surface area contributed by atoms with Gasteiger partial charge in [-0.15, -0.1) is 0 Å². The number of hydrogen-bond donors (Lipinski definition) is 3. The van der Waals surface area contributed by atoms with Gasteiger partial charge in [0.05, 0.1) is 10.4 Å². The lowest BCUT2D eigenvalue weighted by Crippen LogP contribution is -2.29. The molecule has 0 unspecified atom stereocenters. The molecule has 11 nitrogen and oxygen atoms in total. The van der Waals surface area contributed by atoms with Gasteiger partial charge >= 0.3 is 5.76 Å². The standard InChI is InChI=1S/C17H17N7O4S/c1-11-21-15(10-16(22-11)24-8-2-5-19-24)18-6-7-20-29(26,27)12-3-4-14-13(9-12)23-17(25)28-14/h2-5,8-10,20H,6-7H2,1H3,(H,23,25)(H,18,21,22). The zero-order chi connectivity index (χ0) is 20.4. The lowest BCUT2D eigenvalue weighted by Gasteiger charge is -2.10. The maximum atomic E-state index is 12.5. The number of rotatable bonds is 7. The van der Waals surface area contributed by atoms with Crippen LogP contribution in [0.4, 0.5) is 5.82 Å². The summed E-state index contributed by atoms with van der Waals surface area (Å²) >= 11 is 0. The monoisotopic (exact) mass is 415 g/mol. The topological polar surface area (TPSA) is 148 Å². The first-order valence-corrected chi connectivity index (χ1v) is 10.1. The number of oxazole rings is 1. The van der Waals surface area contributed by atoms with Crippen molar-refractivity contribution in [2.75, 3.05) is 18.4 Å². The van der Waals surface area contributed by atoms with Crippen molar-refractivity contribution >= 4 is 26.9 Å². The Kier molecular flexibility index (Phi) is 4.86. The van der Waals surface area contributed by atoms with Gasteiger partial charge in [-0.1, -0.05) is 0 Å². The Morgan fingerprint density at radius 1 is 1.21 bits per heavy atom. The summed E-state index contributed by atoms with van der Waals surface area (Å²) in [5.74, 6) is 1.08. The molecule has 0 radical (unpaired) electrons. The van der Waals surface area contributed by atoms with Gasteiger partial charge in [0.25, 0.3) is 0 Å². The number of benzene rings is 1. The van der Waals surface area contributed by atoms with E-state index >= 15 is 0 Å². The Hall–Kier alpha value is -3.51. The molecule has 1 aromatic carbocycles. The lowest BCUT2D eigenvalue weighted by atomic mass is 10.3. The summed E-state index contributed by atoms with van der Waals surface area (Å²) in [5.41, 5.74) is 0.612. The Bertz CT molecular complexity index is 1310. The van der Waals surface area contributed by atoms with Crippen molar-refractivity contribution < 1.29 is 12.8 Å². The van der Waals surface area contributed by atoms with Gasteiger partial charge in [-0.2, -0.15) is 5.10 Å². The van der Waals surface area contributed by atoms with Crippen LogP contribution in [0.3, 0.4) is 0 Å². The SMILES string of the molecule is Cc1nc(NCCNS(=O)(=O)c2ccc3oc(=O)[nH]c3c2)cc(-n2cccn2)n1. The Morgan fingerprint density at radius 2 is 2.07 bits per heavy atom. The number of fused-ring (bicyclic) bond motifs is 1. The number of sulfonamides is 1. The first-order valence-electron chi connectivity index (χ1n) is 8.63. The molecule has 4 rings (SSSR count). The maximum absolute atomic E-state index is 12.5. The molecule has 3 aromatic heterocycles. The number of hydrogen-bond acceptors (Lipinski definition) is 8. The van der Waals surface area contributed by atoms with Crippen LogP contribution in [0.5, 0.6) is 0 Å². The third-order valence-corrected chi connectivity index (χ3v) is 5.45. The normalized spacial score (nSPS) is 11.8. The van der Waals surface area contributed by atoms with E-state index in [1.807, 2.05) is 0 Å². The van der Waals surface area contributed by atoms with Crippen molar-refractivity contribution in [2.45, 2.75) is 11.8 Å². The van der Waals surface area contributed by atoms with Crippen molar-refractivity contribution in [3.05, 3.63) is 59.1 Å². The summed E-state index contributed by atoms with van der Waals surface area (Å²) in [4.78, 5) is 22.3. The average molecular weight is 415 g/mol. The van der Waals surface area contributed by atoms with E-state index in [1.54, 1.807) is 36.1 Å². The van der Waals surface area contributed by atoms with Gasteiger partial charge in [-0.3, -0.25) is 4.98 Å². The highest BCUT2D eigenvalue weighted by Crippen LogP contribution is 2.16. The predicted octanol–water partition coefficient (Wildman–Crippen LogP) is 0.796. The van der Waals surface area contributed by atoms with Gasteiger partial charge < -0.3 is 9.73 Å². The minimum Gasteiger partial charge on any atom is -0.408 e. The van der Waals surface area contributed by atoms with Gasteiger partial charge in [-0.05, 0) is 31.2 Å². The fourth-order valence-corrected chi connectivity index (χ4v) is 3.78. The Labute approximate surface area is 164 Å². The van der Waals surface area contributed by atoms with Crippen molar-refractivity contribution in [3.63, 3.8) is 0 Å². The second-order valence-corrected chi connectivity index (χ2v) is 7.87. The van der Waals surface area contributed by atoms with Crippen LogP contribution in [0.1, 0.15) is 5.82 Å². The van der Waals surface area contributed by atoms with Crippen molar-refractivity contribution in [1.82, 2.24) is 29.5 Å². The van der Waals surface area contributed by atoms with Crippen LogP contribution in [-0.2, 0) is 10.0 Å². The second-order valence-electron chi connectivity index (χ2n) is 6.11. The average Bonchev–Trinajstić information content (AvgIpc) is 3.33. The van der Waals surface area contributed by atoms with Crippen LogP contribution >= 0.6 is 0 Å². The molecule has 0 atom stereocenters. The van der Waals surface area contributed by atoms with Gasteiger partial charge in [0.1, 0.15) is 11.6 Å². The smallest absolute Gasteiger partial charge is 0.408 e. The minimum absolute atomic E-state index is 0.0286. The first kappa shape index (κ1) is 18.8.